The van der Waals surface area contributed by atoms with Crippen molar-refractivity contribution in [3.8, 4) is 0 Å². The van der Waals surface area contributed by atoms with E-state index in [1.165, 1.54) is 6.92 Å². The number of carbonyl (C=O) groups is 1. The molecule has 2 aliphatic rings. The van der Waals surface area contributed by atoms with Crippen LogP contribution in [-0.2, 0) is 23.7 Å². The predicted molar refractivity (Wildman–Crippen MR) is 52.5 cm³/mol. The van der Waals surface area contributed by atoms with Crippen molar-refractivity contribution in [2.75, 3.05) is 6.61 Å². The summed E-state index contributed by atoms with van der Waals surface area (Å²) in [5.41, 5.74) is 0. The van der Waals surface area contributed by atoms with Crippen molar-refractivity contribution in [3.63, 3.8) is 0 Å². The Morgan fingerprint density at radius 3 is 2.53 bits per heavy atom. The second-order valence-electron chi connectivity index (χ2n) is 4.63. The Balaban J connectivity index is 2.04. The lowest BCUT2D eigenvalue weighted by Crippen LogP contribution is -2.50. The van der Waals surface area contributed by atoms with Gasteiger partial charge in [-0.15, -0.1) is 0 Å². The highest BCUT2D eigenvalue weighted by Crippen LogP contribution is 2.41. The van der Waals surface area contributed by atoms with E-state index >= 15 is 0 Å². The normalized spacial score (nSPS) is 37.8. The van der Waals surface area contributed by atoms with E-state index in [-0.39, 0.29) is 6.61 Å². The molecule has 0 aliphatic carbocycles. The SMILES string of the molecule is CC(=O)OCC1OC2OC(C)(C)OC2C1(O)O. The molecule has 7 nitrogen and oxygen atoms in total. The predicted octanol–water partition coefficient (Wildman–Crippen LogP) is -0.893. The maximum absolute atomic E-state index is 10.7. The minimum Gasteiger partial charge on any atom is -0.463 e. The first-order chi connectivity index (χ1) is 7.72. The van der Waals surface area contributed by atoms with Gasteiger partial charge in [-0.05, 0) is 13.8 Å². The third kappa shape index (κ3) is 2.29. The molecule has 2 saturated heterocycles. The van der Waals surface area contributed by atoms with Crippen LogP contribution in [0.4, 0.5) is 0 Å². The summed E-state index contributed by atoms with van der Waals surface area (Å²) < 4.78 is 20.6. The lowest BCUT2D eigenvalue weighted by molar-refractivity contribution is -0.285. The third-order valence-electron chi connectivity index (χ3n) is 2.69. The molecule has 0 bridgehead atoms. The zero-order valence-corrected chi connectivity index (χ0v) is 9.87. The van der Waals surface area contributed by atoms with E-state index < -0.39 is 36.0 Å². The second kappa shape index (κ2) is 3.89. The first-order valence-electron chi connectivity index (χ1n) is 5.31. The molecule has 98 valence electrons. The van der Waals surface area contributed by atoms with E-state index in [0.29, 0.717) is 0 Å². The maximum atomic E-state index is 10.7. The fourth-order valence-corrected chi connectivity index (χ4v) is 1.92. The van der Waals surface area contributed by atoms with Gasteiger partial charge < -0.3 is 29.2 Å². The van der Waals surface area contributed by atoms with Crippen LogP contribution in [-0.4, -0.2) is 52.9 Å². The van der Waals surface area contributed by atoms with E-state index in [9.17, 15) is 15.0 Å². The average molecular weight is 248 g/mol. The molecule has 0 amide bonds. The van der Waals surface area contributed by atoms with E-state index in [4.69, 9.17) is 14.2 Å². The summed E-state index contributed by atoms with van der Waals surface area (Å²) in [6.07, 6.45) is -2.98. The smallest absolute Gasteiger partial charge is 0.302 e. The van der Waals surface area contributed by atoms with Gasteiger partial charge in [0.1, 0.15) is 6.61 Å². The standard InChI is InChI=1S/C10H16O7/c1-5(11)14-4-6-10(12,13)7-8(15-6)17-9(2,3)16-7/h6-8,12-13H,4H2,1-3H3. The van der Waals surface area contributed by atoms with Gasteiger partial charge in [-0.25, -0.2) is 0 Å². The Hall–Kier alpha value is -0.730. The summed E-state index contributed by atoms with van der Waals surface area (Å²) in [5, 5.41) is 19.8. The highest BCUT2D eigenvalue weighted by molar-refractivity contribution is 5.65. The fraction of sp³-hybridized carbons (Fsp3) is 0.900. The van der Waals surface area contributed by atoms with Crippen molar-refractivity contribution < 1.29 is 34.0 Å². The monoisotopic (exact) mass is 248 g/mol. The molecule has 0 radical (unpaired) electrons. The van der Waals surface area contributed by atoms with Crippen molar-refractivity contribution in [2.45, 2.75) is 50.8 Å². The van der Waals surface area contributed by atoms with Crippen molar-refractivity contribution in [3.05, 3.63) is 0 Å². The zero-order chi connectivity index (χ0) is 12.8. The molecule has 2 rings (SSSR count). The Labute approximate surface area is 98.2 Å². The van der Waals surface area contributed by atoms with Gasteiger partial charge in [-0.1, -0.05) is 0 Å². The average Bonchev–Trinajstić information content (AvgIpc) is 2.57. The molecule has 17 heavy (non-hydrogen) atoms. The van der Waals surface area contributed by atoms with Crippen molar-refractivity contribution in [1.82, 2.24) is 0 Å². The molecule has 2 aliphatic heterocycles. The van der Waals surface area contributed by atoms with Gasteiger partial charge >= 0.3 is 5.97 Å². The van der Waals surface area contributed by atoms with E-state index in [2.05, 4.69) is 4.74 Å². The van der Waals surface area contributed by atoms with Crippen LogP contribution in [0.3, 0.4) is 0 Å². The number of hydrogen-bond donors (Lipinski definition) is 2. The van der Waals surface area contributed by atoms with Crippen LogP contribution < -0.4 is 0 Å². The van der Waals surface area contributed by atoms with Crippen LogP contribution >= 0.6 is 0 Å². The third-order valence-corrected chi connectivity index (χ3v) is 2.69. The van der Waals surface area contributed by atoms with Crippen LogP contribution in [0, 0.1) is 0 Å². The number of fused-ring (bicyclic) bond motifs is 1. The van der Waals surface area contributed by atoms with E-state index in [1.807, 2.05) is 0 Å². The molecule has 0 aromatic rings. The first-order valence-corrected chi connectivity index (χ1v) is 5.31. The number of hydrogen-bond acceptors (Lipinski definition) is 7. The van der Waals surface area contributed by atoms with Gasteiger partial charge in [-0.3, -0.25) is 4.79 Å². The van der Waals surface area contributed by atoms with Gasteiger partial charge in [0, 0.05) is 6.92 Å². The quantitative estimate of drug-likeness (QED) is 0.483. The summed E-state index contributed by atoms with van der Waals surface area (Å²) in [5.74, 6) is -3.70. The first kappa shape index (κ1) is 12.7. The molecular weight excluding hydrogens is 232 g/mol. The number of aliphatic hydroxyl groups is 2. The molecule has 0 aromatic heterocycles. The summed E-state index contributed by atoms with van der Waals surface area (Å²) in [7, 11) is 0. The van der Waals surface area contributed by atoms with Gasteiger partial charge in [-0.2, -0.15) is 0 Å². The topological polar surface area (TPSA) is 94.5 Å². The highest BCUT2D eigenvalue weighted by atomic mass is 16.9. The molecule has 3 unspecified atom stereocenters. The Morgan fingerprint density at radius 2 is 2.00 bits per heavy atom. The molecule has 2 heterocycles. The molecule has 2 fully saturated rings. The zero-order valence-electron chi connectivity index (χ0n) is 9.87. The molecule has 0 aromatic carbocycles. The largest absolute Gasteiger partial charge is 0.463 e. The lowest BCUT2D eigenvalue weighted by atomic mass is 10.1. The fourth-order valence-electron chi connectivity index (χ4n) is 1.92. The van der Waals surface area contributed by atoms with Crippen molar-refractivity contribution in [1.29, 1.82) is 0 Å². The molecule has 0 spiro atoms. The molecular formula is C10H16O7. The van der Waals surface area contributed by atoms with Crippen molar-refractivity contribution >= 4 is 5.97 Å². The van der Waals surface area contributed by atoms with Crippen LogP contribution in [0.5, 0.6) is 0 Å². The van der Waals surface area contributed by atoms with Gasteiger partial charge in [0.05, 0.1) is 0 Å². The molecule has 3 atom stereocenters. The Kier molecular flexibility index (Phi) is 2.91. The van der Waals surface area contributed by atoms with Crippen LogP contribution in [0.1, 0.15) is 20.8 Å². The van der Waals surface area contributed by atoms with Crippen LogP contribution in [0.25, 0.3) is 0 Å². The Bertz CT molecular complexity index is 325. The minimum atomic E-state index is -2.24. The molecule has 2 N–H and O–H groups in total. The lowest BCUT2D eigenvalue weighted by Gasteiger charge is -2.28. The summed E-state index contributed by atoms with van der Waals surface area (Å²) in [4.78, 5) is 10.7. The Morgan fingerprint density at radius 1 is 1.35 bits per heavy atom. The molecule has 7 heteroatoms. The van der Waals surface area contributed by atoms with Gasteiger partial charge in [0.2, 0.25) is 5.79 Å². The van der Waals surface area contributed by atoms with E-state index in [0.717, 1.165) is 0 Å². The summed E-state index contributed by atoms with van der Waals surface area (Å²) in [6.45, 7) is 4.25. The maximum Gasteiger partial charge on any atom is 0.302 e. The summed E-state index contributed by atoms with van der Waals surface area (Å²) in [6, 6.07) is 0. The van der Waals surface area contributed by atoms with Gasteiger partial charge in [0.25, 0.3) is 0 Å². The number of ether oxygens (including phenoxy) is 4. The number of carbonyl (C=O) groups excluding carboxylic acids is 1. The number of esters is 1. The molecule has 0 saturated carbocycles. The summed E-state index contributed by atoms with van der Waals surface area (Å²) >= 11 is 0. The second-order valence-corrected chi connectivity index (χ2v) is 4.63. The minimum absolute atomic E-state index is 0.261. The van der Waals surface area contributed by atoms with Gasteiger partial charge in [0.15, 0.2) is 24.3 Å². The highest BCUT2D eigenvalue weighted by Gasteiger charge is 2.63. The van der Waals surface area contributed by atoms with Crippen LogP contribution in [0.15, 0.2) is 0 Å². The van der Waals surface area contributed by atoms with Crippen LogP contribution in [0.2, 0.25) is 0 Å². The van der Waals surface area contributed by atoms with E-state index in [1.54, 1.807) is 13.8 Å². The number of rotatable bonds is 2. The van der Waals surface area contributed by atoms with Crippen molar-refractivity contribution in [2.24, 2.45) is 0 Å².